The van der Waals surface area contributed by atoms with Gasteiger partial charge in [-0.15, -0.1) is 0 Å². The number of aromatic nitrogens is 4. The van der Waals surface area contributed by atoms with Gasteiger partial charge in [-0.3, -0.25) is 9.97 Å². The minimum absolute atomic E-state index is 0.712. The normalized spacial score (nSPS) is 15.1. The van der Waals surface area contributed by atoms with Crippen LogP contribution in [-0.4, -0.2) is 19.1 Å². The van der Waals surface area contributed by atoms with E-state index >= 15 is 0 Å². The highest BCUT2D eigenvalue weighted by atomic mass is 16.5. The lowest BCUT2D eigenvalue weighted by Gasteiger charge is -2.39. The first-order valence-electron chi connectivity index (χ1n) is 19.7. The number of nitrogens with zero attached hydrogens (tertiary/aromatic N) is 4. The first-order chi connectivity index (χ1) is 28.8. The van der Waals surface area contributed by atoms with E-state index < -0.39 is 5.41 Å². The van der Waals surface area contributed by atoms with E-state index in [4.69, 9.17) is 14.7 Å². The SMILES string of the molecule is c1ccc(-n2c3ccccc3c3cc(-c4ccc5c(c4)Oc4ccccc4C54c5cccnc5-c5ncc(-n6c7ccccc7c7ccccc76)cc54)ccc32)cc1. The summed E-state index contributed by atoms with van der Waals surface area (Å²) in [6, 6.07) is 65.2. The summed E-state index contributed by atoms with van der Waals surface area (Å²) in [6.07, 6.45) is 3.89. The summed E-state index contributed by atoms with van der Waals surface area (Å²) < 4.78 is 11.7. The lowest BCUT2D eigenvalue weighted by molar-refractivity contribution is 0.436. The van der Waals surface area contributed by atoms with Crippen molar-refractivity contribution in [2.24, 2.45) is 0 Å². The van der Waals surface area contributed by atoms with Gasteiger partial charge in [0.1, 0.15) is 11.5 Å². The molecule has 0 saturated carbocycles. The number of ether oxygens (including phenoxy) is 1. The van der Waals surface area contributed by atoms with E-state index in [0.29, 0.717) is 0 Å². The highest BCUT2D eigenvalue weighted by Crippen LogP contribution is 2.61. The van der Waals surface area contributed by atoms with Crippen LogP contribution >= 0.6 is 0 Å². The zero-order chi connectivity index (χ0) is 38.0. The molecule has 13 rings (SSSR count). The molecule has 0 radical (unpaired) electrons. The Kier molecular flexibility index (Phi) is 6.31. The molecule has 5 heterocycles. The van der Waals surface area contributed by atoms with E-state index in [1.807, 2.05) is 18.5 Å². The lowest BCUT2D eigenvalue weighted by atomic mass is 9.66. The number of hydrogen-bond donors (Lipinski definition) is 0. The second-order valence-corrected chi connectivity index (χ2v) is 15.3. The summed E-state index contributed by atoms with van der Waals surface area (Å²) >= 11 is 0. The van der Waals surface area contributed by atoms with Crippen molar-refractivity contribution in [3.63, 3.8) is 0 Å². The first-order valence-corrected chi connectivity index (χ1v) is 19.7. The minimum Gasteiger partial charge on any atom is -0.457 e. The molecule has 1 spiro atoms. The van der Waals surface area contributed by atoms with E-state index in [1.54, 1.807) is 0 Å². The summed E-state index contributed by atoms with van der Waals surface area (Å²) in [7, 11) is 0. The van der Waals surface area contributed by atoms with Crippen LogP contribution < -0.4 is 4.74 Å². The highest BCUT2D eigenvalue weighted by molar-refractivity contribution is 6.11. The second kappa shape index (κ2) is 11.6. The van der Waals surface area contributed by atoms with Crippen molar-refractivity contribution in [2.45, 2.75) is 5.41 Å². The molecule has 5 heteroatoms. The van der Waals surface area contributed by atoms with Gasteiger partial charge in [0.05, 0.1) is 50.8 Å². The summed E-state index contributed by atoms with van der Waals surface area (Å²) in [4.78, 5) is 10.3. The van der Waals surface area contributed by atoms with Crippen LogP contribution in [0.25, 0.3) is 77.5 Å². The van der Waals surface area contributed by atoms with Crippen molar-refractivity contribution in [2.75, 3.05) is 0 Å². The molecule has 1 aliphatic heterocycles. The van der Waals surface area contributed by atoms with Crippen LogP contribution in [0.2, 0.25) is 0 Å². The van der Waals surface area contributed by atoms with Gasteiger partial charge in [-0.25, -0.2) is 0 Å². The average molecular weight is 741 g/mol. The first kappa shape index (κ1) is 31.4. The third-order valence-corrected chi connectivity index (χ3v) is 12.5. The van der Waals surface area contributed by atoms with Crippen molar-refractivity contribution in [1.82, 2.24) is 19.1 Å². The number of para-hydroxylation sites is 5. The van der Waals surface area contributed by atoms with Crippen molar-refractivity contribution < 1.29 is 4.74 Å². The van der Waals surface area contributed by atoms with Gasteiger partial charge in [0, 0.05) is 50.1 Å². The maximum Gasteiger partial charge on any atom is 0.132 e. The molecule has 1 atom stereocenters. The molecule has 270 valence electrons. The van der Waals surface area contributed by atoms with Crippen LogP contribution in [-0.2, 0) is 5.41 Å². The Morgan fingerprint density at radius 3 is 1.72 bits per heavy atom. The fraction of sp³-hybridized carbons (Fsp3) is 0.0189. The number of pyridine rings is 2. The summed E-state index contributed by atoms with van der Waals surface area (Å²) in [5.41, 5.74) is 14.5. The minimum atomic E-state index is -0.712. The Bertz CT molecular complexity index is 3450. The molecule has 0 fully saturated rings. The number of fused-ring (bicyclic) bond motifs is 15. The Morgan fingerprint density at radius 1 is 0.379 bits per heavy atom. The molecular weight excluding hydrogens is 709 g/mol. The molecule has 2 aliphatic rings. The largest absolute Gasteiger partial charge is 0.457 e. The van der Waals surface area contributed by atoms with E-state index in [-0.39, 0.29) is 0 Å². The van der Waals surface area contributed by atoms with Gasteiger partial charge >= 0.3 is 0 Å². The monoisotopic (exact) mass is 740 g/mol. The molecule has 0 N–H and O–H groups in total. The third kappa shape index (κ3) is 4.09. The van der Waals surface area contributed by atoms with Gasteiger partial charge in [0.15, 0.2) is 0 Å². The Labute approximate surface area is 333 Å². The second-order valence-electron chi connectivity index (χ2n) is 15.3. The van der Waals surface area contributed by atoms with Crippen LogP contribution in [0, 0.1) is 0 Å². The Hall–Kier alpha value is -7.76. The predicted octanol–water partition coefficient (Wildman–Crippen LogP) is 12.8. The molecule has 5 nitrogen and oxygen atoms in total. The van der Waals surface area contributed by atoms with Crippen LogP contribution in [0.1, 0.15) is 22.3 Å². The standard InChI is InChI=1S/C53H32N4O/c1-2-13-35(14-3-1)56-47-22-10-6-17-39(47)40-29-33(25-27-48(40)56)34-24-26-42-50(30-34)58-49-23-11-7-18-41(49)53(42)43-19-12-28-54-51(43)52-44(53)31-36(32-55-52)57-45-20-8-4-15-37(45)38-16-5-9-21-46(38)57/h1-32H. The zero-order valence-electron chi connectivity index (χ0n) is 31.2. The van der Waals surface area contributed by atoms with E-state index in [9.17, 15) is 0 Å². The van der Waals surface area contributed by atoms with Gasteiger partial charge in [-0.2, -0.15) is 0 Å². The molecule has 0 saturated heterocycles. The van der Waals surface area contributed by atoms with Crippen LogP contribution in [0.4, 0.5) is 0 Å². The number of benzene rings is 7. The van der Waals surface area contributed by atoms with Crippen LogP contribution in [0.5, 0.6) is 11.5 Å². The Balaban J connectivity index is 1.04. The van der Waals surface area contributed by atoms with Crippen molar-refractivity contribution in [3.8, 4) is 45.4 Å². The van der Waals surface area contributed by atoms with Gasteiger partial charge in [-0.1, -0.05) is 115 Å². The molecule has 0 amide bonds. The molecule has 4 aromatic heterocycles. The van der Waals surface area contributed by atoms with Gasteiger partial charge < -0.3 is 13.9 Å². The van der Waals surface area contributed by atoms with Crippen LogP contribution in [0.3, 0.4) is 0 Å². The fourth-order valence-corrected chi connectivity index (χ4v) is 10.1. The topological polar surface area (TPSA) is 44.9 Å². The molecule has 1 unspecified atom stereocenters. The zero-order valence-corrected chi connectivity index (χ0v) is 31.2. The summed E-state index contributed by atoms with van der Waals surface area (Å²) in [5.74, 6) is 1.66. The maximum absolute atomic E-state index is 6.94. The van der Waals surface area contributed by atoms with Gasteiger partial charge in [0.25, 0.3) is 0 Å². The van der Waals surface area contributed by atoms with Crippen LogP contribution in [0.15, 0.2) is 194 Å². The van der Waals surface area contributed by atoms with Gasteiger partial charge in [-0.05, 0) is 83.4 Å². The Morgan fingerprint density at radius 2 is 0.948 bits per heavy atom. The number of hydrogen-bond acceptors (Lipinski definition) is 3. The summed E-state index contributed by atoms with van der Waals surface area (Å²) in [6.45, 7) is 0. The lowest BCUT2D eigenvalue weighted by Crippen LogP contribution is -2.32. The maximum atomic E-state index is 6.94. The van der Waals surface area contributed by atoms with Crippen molar-refractivity contribution in [3.05, 3.63) is 217 Å². The van der Waals surface area contributed by atoms with E-state index in [2.05, 4.69) is 185 Å². The van der Waals surface area contributed by atoms with Crippen molar-refractivity contribution >= 4 is 43.6 Å². The molecule has 0 bridgehead atoms. The molecule has 7 aromatic carbocycles. The van der Waals surface area contributed by atoms with Gasteiger partial charge in [0.2, 0.25) is 0 Å². The average Bonchev–Trinajstić information content (AvgIpc) is 3.91. The molecule has 1 aliphatic carbocycles. The van der Waals surface area contributed by atoms with E-state index in [1.165, 1.54) is 32.6 Å². The third-order valence-electron chi connectivity index (χ3n) is 12.5. The summed E-state index contributed by atoms with van der Waals surface area (Å²) in [5, 5.41) is 4.88. The highest BCUT2D eigenvalue weighted by Gasteiger charge is 2.52. The quantitative estimate of drug-likeness (QED) is 0.181. The smallest absolute Gasteiger partial charge is 0.132 e. The van der Waals surface area contributed by atoms with E-state index in [0.717, 1.165) is 78.7 Å². The molecule has 58 heavy (non-hydrogen) atoms. The molecule has 11 aromatic rings. The molecular formula is C53H32N4O. The predicted molar refractivity (Wildman–Crippen MR) is 234 cm³/mol. The number of rotatable bonds is 3. The van der Waals surface area contributed by atoms with Crippen molar-refractivity contribution in [1.29, 1.82) is 0 Å². The fourth-order valence-electron chi connectivity index (χ4n) is 10.1.